The first-order valence-corrected chi connectivity index (χ1v) is 7.77. The van der Waals surface area contributed by atoms with Crippen LogP contribution in [0.3, 0.4) is 0 Å². The molecule has 0 unspecified atom stereocenters. The number of allylic oxidation sites excluding steroid dienone is 1. The third-order valence-electron chi connectivity index (χ3n) is 4.18. The van der Waals surface area contributed by atoms with Crippen molar-refractivity contribution in [2.75, 3.05) is 14.2 Å². The van der Waals surface area contributed by atoms with E-state index in [0.717, 1.165) is 24.0 Å². The first-order valence-electron chi connectivity index (χ1n) is 7.77. The third-order valence-corrected chi connectivity index (χ3v) is 4.18. The van der Waals surface area contributed by atoms with Gasteiger partial charge < -0.3 is 9.47 Å². The van der Waals surface area contributed by atoms with Gasteiger partial charge in [0.25, 0.3) is 0 Å². The number of hydrogen-bond donors (Lipinski definition) is 0. The second kappa shape index (κ2) is 6.69. The lowest BCUT2D eigenvalue weighted by atomic mass is 10.0. The molecule has 3 rings (SSSR count). The second-order valence-electron chi connectivity index (χ2n) is 5.68. The molecule has 2 aromatic carbocycles. The molecule has 0 fully saturated rings. The zero-order valence-electron chi connectivity index (χ0n) is 13.5. The molecule has 0 saturated heterocycles. The first-order chi connectivity index (χ1) is 11.2. The minimum Gasteiger partial charge on any atom is -0.497 e. The number of rotatable bonds is 5. The number of ether oxygens (including phenoxy) is 2. The largest absolute Gasteiger partial charge is 0.497 e. The molecule has 0 spiro atoms. The summed E-state index contributed by atoms with van der Waals surface area (Å²) in [5.41, 5.74) is 4.31. The van der Waals surface area contributed by atoms with Crippen LogP contribution in [0.2, 0.25) is 0 Å². The lowest BCUT2D eigenvalue weighted by Gasteiger charge is -2.06. The fourth-order valence-electron chi connectivity index (χ4n) is 2.92. The molecule has 0 aromatic heterocycles. The standard InChI is InChI=1S/C20H20O3/c1-22-18-10-14(11-19(13-18)23-2)6-9-20(21)17-8-7-15-4-3-5-16(15)12-17/h6-13H,3-5H2,1-2H3/b9-6+. The van der Waals surface area contributed by atoms with Gasteiger partial charge in [0, 0.05) is 11.6 Å². The minimum absolute atomic E-state index is 0.0153. The van der Waals surface area contributed by atoms with E-state index in [1.165, 1.54) is 17.5 Å². The van der Waals surface area contributed by atoms with Crippen molar-refractivity contribution < 1.29 is 14.3 Å². The maximum Gasteiger partial charge on any atom is 0.185 e. The van der Waals surface area contributed by atoms with Gasteiger partial charge in [0.15, 0.2) is 5.78 Å². The molecule has 0 aliphatic heterocycles. The van der Waals surface area contributed by atoms with Crippen molar-refractivity contribution in [1.82, 2.24) is 0 Å². The summed E-state index contributed by atoms with van der Waals surface area (Å²) in [7, 11) is 3.22. The fourth-order valence-corrected chi connectivity index (χ4v) is 2.92. The highest BCUT2D eigenvalue weighted by molar-refractivity contribution is 6.07. The van der Waals surface area contributed by atoms with E-state index in [0.29, 0.717) is 11.5 Å². The molecule has 118 valence electrons. The average Bonchev–Trinajstić information content (AvgIpc) is 3.06. The van der Waals surface area contributed by atoms with Crippen molar-refractivity contribution in [1.29, 1.82) is 0 Å². The predicted molar refractivity (Wildman–Crippen MR) is 91.4 cm³/mol. The zero-order valence-corrected chi connectivity index (χ0v) is 13.5. The summed E-state index contributed by atoms with van der Waals surface area (Å²) >= 11 is 0. The highest BCUT2D eigenvalue weighted by Gasteiger charge is 2.12. The number of hydrogen-bond acceptors (Lipinski definition) is 3. The van der Waals surface area contributed by atoms with Gasteiger partial charge in [-0.2, -0.15) is 0 Å². The summed E-state index contributed by atoms with van der Waals surface area (Å²) in [4.78, 5) is 12.4. The van der Waals surface area contributed by atoms with Gasteiger partial charge in [-0.1, -0.05) is 18.2 Å². The molecule has 0 heterocycles. The summed E-state index contributed by atoms with van der Waals surface area (Å²) in [5.74, 6) is 1.42. The summed E-state index contributed by atoms with van der Waals surface area (Å²) in [6.45, 7) is 0. The lowest BCUT2D eigenvalue weighted by Crippen LogP contribution is -1.96. The van der Waals surface area contributed by atoms with E-state index in [2.05, 4.69) is 6.07 Å². The van der Waals surface area contributed by atoms with Crippen LogP contribution in [0, 0.1) is 0 Å². The number of ketones is 1. The van der Waals surface area contributed by atoms with Gasteiger partial charge in [0.05, 0.1) is 14.2 Å². The van der Waals surface area contributed by atoms with E-state index in [1.807, 2.05) is 24.3 Å². The molecule has 3 nitrogen and oxygen atoms in total. The predicted octanol–water partition coefficient (Wildman–Crippen LogP) is 4.09. The Morgan fingerprint density at radius 2 is 1.65 bits per heavy atom. The highest BCUT2D eigenvalue weighted by Crippen LogP contribution is 2.25. The Labute approximate surface area is 136 Å². The van der Waals surface area contributed by atoms with Gasteiger partial charge in [-0.25, -0.2) is 0 Å². The van der Waals surface area contributed by atoms with Crippen molar-refractivity contribution in [3.05, 3.63) is 64.7 Å². The second-order valence-corrected chi connectivity index (χ2v) is 5.68. The van der Waals surface area contributed by atoms with Crippen LogP contribution in [0.5, 0.6) is 11.5 Å². The molecule has 0 radical (unpaired) electrons. The molecule has 1 aliphatic rings. The van der Waals surface area contributed by atoms with Crippen molar-refractivity contribution in [3.63, 3.8) is 0 Å². The Bertz CT molecular complexity index is 737. The number of benzene rings is 2. The van der Waals surface area contributed by atoms with E-state index in [4.69, 9.17) is 9.47 Å². The Morgan fingerprint density at radius 3 is 2.35 bits per heavy atom. The molecular weight excluding hydrogens is 288 g/mol. The van der Waals surface area contributed by atoms with Gasteiger partial charge in [0.1, 0.15) is 11.5 Å². The molecule has 0 amide bonds. The molecule has 2 aromatic rings. The SMILES string of the molecule is COc1cc(/C=C/C(=O)c2ccc3c(c2)CCC3)cc(OC)c1. The van der Waals surface area contributed by atoms with E-state index in [-0.39, 0.29) is 5.78 Å². The van der Waals surface area contributed by atoms with Crippen LogP contribution in [0.4, 0.5) is 0 Å². The monoisotopic (exact) mass is 308 g/mol. The van der Waals surface area contributed by atoms with Crippen LogP contribution in [0.15, 0.2) is 42.5 Å². The number of methoxy groups -OCH3 is 2. The van der Waals surface area contributed by atoms with E-state index in [9.17, 15) is 4.79 Å². The summed E-state index contributed by atoms with van der Waals surface area (Å²) < 4.78 is 10.5. The quantitative estimate of drug-likeness (QED) is 0.616. The normalized spacial score (nSPS) is 13.1. The summed E-state index contributed by atoms with van der Waals surface area (Å²) in [6.07, 6.45) is 6.79. The third kappa shape index (κ3) is 3.45. The molecular formula is C20H20O3. The molecule has 0 N–H and O–H groups in total. The van der Waals surface area contributed by atoms with Crippen LogP contribution < -0.4 is 9.47 Å². The number of carbonyl (C=O) groups is 1. The van der Waals surface area contributed by atoms with E-state index < -0.39 is 0 Å². The molecule has 0 bridgehead atoms. The van der Waals surface area contributed by atoms with Gasteiger partial charge in [-0.3, -0.25) is 4.79 Å². The van der Waals surface area contributed by atoms with Gasteiger partial charge in [0.2, 0.25) is 0 Å². The van der Waals surface area contributed by atoms with Gasteiger partial charge >= 0.3 is 0 Å². The molecule has 1 aliphatic carbocycles. The van der Waals surface area contributed by atoms with Crippen LogP contribution >= 0.6 is 0 Å². The minimum atomic E-state index is 0.0153. The molecule has 0 saturated carbocycles. The maximum atomic E-state index is 12.4. The van der Waals surface area contributed by atoms with Crippen molar-refractivity contribution in [2.24, 2.45) is 0 Å². The first kappa shape index (κ1) is 15.3. The van der Waals surface area contributed by atoms with Crippen LogP contribution in [0.1, 0.15) is 33.5 Å². The Morgan fingerprint density at radius 1 is 0.957 bits per heavy atom. The maximum absolute atomic E-state index is 12.4. The number of fused-ring (bicyclic) bond motifs is 1. The van der Waals surface area contributed by atoms with Crippen molar-refractivity contribution >= 4 is 11.9 Å². The Kier molecular flexibility index (Phi) is 4.47. The smallest absolute Gasteiger partial charge is 0.185 e. The van der Waals surface area contributed by atoms with Gasteiger partial charge in [-0.15, -0.1) is 0 Å². The lowest BCUT2D eigenvalue weighted by molar-refractivity contribution is 0.104. The number of aryl methyl sites for hydroxylation is 2. The van der Waals surface area contributed by atoms with Crippen LogP contribution in [0.25, 0.3) is 6.08 Å². The van der Waals surface area contributed by atoms with E-state index in [1.54, 1.807) is 32.4 Å². The summed E-state index contributed by atoms with van der Waals surface area (Å²) in [5, 5.41) is 0. The average molecular weight is 308 g/mol. The molecule has 23 heavy (non-hydrogen) atoms. The van der Waals surface area contributed by atoms with Gasteiger partial charge in [-0.05, 0) is 60.2 Å². The number of carbonyl (C=O) groups excluding carboxylic acids is 1. The molecule has 0 atom stereocenters. The van der Waals surface area contributed by atoms with Crippen molar-refractivity contribution in [2.45, 2.75) is 19.3 Å². The highest BCUT2D eigenvalue weighted by atomic mass is 16.5. The Balaban J connectivity index is 1.81. The van der Waals surface area contributed by atoms with Crippen molar-refractivity contribution in [3.8, 4) is 11.5 Å². The fraction of sp³-hybridized carbons (Fsp3) is 0.250. The zero-order chi connectivity index (χ0) is 16.2. The Hall–Kier alpha value is -2.55. The topological polar surface area (TPSA) is 35.5 Å². The molecule has 3 heteroatoms. The van der Waals surface area contributed by atoms with Crippen LogP contribution in [-0.2, 0) is 12.8 Å². The summed E-state index contributed by atoms with van der Waals surface area (Å²) in [6, 6.07) is 11.6. The van der Waals surface area contributed by atoms with E-state index >= 15 is 0 Å². The van der Waals surface area contributed by atoms with Crippen LogP contribution in [-0.4, -0.2) is 20.0 Å².